The van der Waals surface area contributed by atoms with Crippen LogP contribution in [0.25, 0.3) is 10.9 Å². The molecule has 0 aliphatic carbocycles. The Kier molecular flexibility index (Phi) is 7.93. The van der Waals surface area contributed by atoms with Gasteiger partial charge in [-0.25, -0.2) is 0 Å². The van der Waals surface area contributed by atoms with Crippen molar-refractivity contribution in [3.8, 4) is 0 Å². The van der Waals surface area contributed by atoms with E-state index in [1.54, 1.807) is 0 Å². The molecule has 2 atom stereocenters. The summed E-state index contributed by atoms with van der Waals surface area (Å²) in [5.74, 6) is -0.834. The second kappa shape index (κ2) is 11.7. The van der Waals surface area contributed by atoms with Crippen molar-refractivity contribution in [2.75, 3.05) is 42.5 Å². The van der Waals surface area contributed by atoms with Gasteiger partial charge in [-0.15, -0.1) is 0 Å². The molecule has 3 aromatic rings. The molecule has 0 spiro atoms. The number of para-hydroxylation sites is 1. The summed E-state index contributed by atoms with van der Waals surface area (Å²) < 4.78 is 14.4. The summed E-state index contributed by atoms with van der Waals surface area (Å²) in [5, 5.41) is 8.30. The molecule has 7 rings (SSSR count). The molecule has 11 heteroatoms. The van der Waals surface area contributed by atoms with E-state index in [2.05, 4.69) is 97.1 Å². The second-order valence-corrected chi connectivity index (χ2v) is 14.6. The Morgan fingerprint density at radius 3 is 2.24 bits per heavy atom. The molecule has 4 saturated heterocycles. The van der Waals surface area contributed by atoms with Crippen LogP contribution >= 0.6 is 0 Å². The molecule has 2 amide bonds. The largest absolute Gasteiger partial charge is 0.494 e. The predicted octanol–water partition coefficient (Wildman–Crippen LogP) is 3.57. The van der Waals surface area contributed by atoms with Crippen LogP contribution in [0.5, 0.6) is 0 Å². The van der Waals surface area contributed by atoms with Crippen LogP contribution in [-0.4, -0.2) is 89.6 Å². The Morgan fingerprint density at radius 2 is 1.59 bits per heavy atom. The van der Waals surface area contributed by atoms with Crippen molar-refractivity contribution < 1.29 is 18.9 Å². The van der Waals surface area contributed by atoms with Crippen molar-refractivity contribution in [2.24, 2.45) is 7.05 Å². The van der Waals surface area contributed by atoms with Gasteiger partial charge < -0.3 is 19.1 Å². The molecule has 0 bridgehead atoms. The van der Waals surface area contributed by atoms with Gasteiger partial charge in [0.1, 0.15) is 0 Å². The van der Waals surface area contributed by atoms with Gasteiger partial charge in [-0.1, -0.05) is 24.3 Å². The van der Waals surface area contributed by atoms with E-state index in [0.29, 0.717) is 24.9 Å². The first-order valence-corrected chi connectivity index (χ1v) is 16.9. The number of amides is 2. The molecule has 10 nitrogen and oxygen atoms in total. The third-order valence-electron chi connectivity index (χ3n) is 11.2. The summed E-state index contributed by atoms with van der Waals surface area (Å²) in [5.41, 5.74) is 4.64. The summed E-state index contributed by atoms with van der Waals surface area (Å²) in [6.07, 6.45) is 3.08. The van der Waals surface area contributed by atoms with Crippen molar-refractivity contribution >= 4 is 46.7 Å². The summed E-state index contributed by atoms with van der Waals surface area (Å²) in [4.78, 5) is 32.1. The number of piperazine rings is 1. The fourth-order valence-electron chi connectivity index (χ4n) is 7.82. The number of nitrogens with zero attached hydrogens (tertiary/aromatic N) is 5. The maximum absolute atomic E-state index is 12.7. The van der Waals surface area contributed by atoms with Gasteiger partial charge in [-0.2, -0.15) is 5.10 Å². The number of imide groups is 1. The Morgan fingerprint density at radius 1 is 0.891 bits per heavy atom. The maximum atomic E-state index is 12.7. The molecular weight excluding hydrogens is 579 g/mol. The first kappa shape index (κ1) is 31.2. The van der Waals surface area contributed by atoms with Crippen LogP contribution in [0.15, 0.2) is 42.5 Å². The lowest BCUT2D eigenvalue weighted by Gasteiger charge is -2.47. The lowest BCUT2D eigenvalue weighted by molar-refractivity contribution is -0.134. The van der Waals surface area contributed by atoms with Crippen LogP contribution in [0.1, 0.15) is 71.9 Å². The molecule has 1 unspecified atom stereocenters. The van der Waals surface area contributed by atoms with Crippen LogP contribution in [0.3, 0.4) is 0 Å². The van der Waals surface area contributed by atoms with Gasteiger partial charge in [0.05, 0.1) is 34.0 Å². The van der Waals surface area contributed by atoms with E-state index < -0.39 is 5.92 Å². The molecule has 46 heavy (non-hydrogen) atoms. The van der Waals surface area contributed by atoms with Crippen LogP contribution in [0, 0.1) is 0 Å². The van der Waals surface area contributed by atoms with E-state index in [0.717, 1.165) is 67.6 Å². The highest BCUT2D eigenvalue weighted by Gasteiger charge is 2.51. The second-order valence-electron chi connectivity index (χ2n) is 14.6. The van der Waals surface area contributed by atoms with Crippen molar-refractivity contribution in [1.82, 2.24) is 20.0 Å². The average molecular weight is 627 g/mol. The Bertz CT molecular complexity index is 1610. The summed E-state index contributed by atoms with van der Waals surface area (Å²) in [7, 11) is 1.62. The molecular formula is C35H47BN6O4. The van der Waals surface area contributed by atoms with E-state index in [9.17, 15) is 9.59 Å². The van der Waals surface area contributed by atoms with Crippen molar-refractivity contribution in [3.05, 3.63) is 48.2 Å². The molecule has 1 aromatic heterocycles. The zero-order valence-corrected chi connectivity index (χ0v) is 28.1. The minimum Gasteiger partial charge on any atom is -0.399 e. The first-order valence-electron chi connectivity index (χ1n) is 16.9. The van der Waals surface area contributed by atoms with E-state index in [1.807, 2.05) is 11.7 Å². The van der Waals surface area contributed by atoms with Crippen molar-refractivity contribution in [3.63, 3.8) is 0 Å². The molecule has 2 aromatic carbocycles. The van der Waals surface area contributed by atoms with Gasteiger partial charge in [-0.3, -0.25) is 24.5 Å². The Hall–Kier alpha value is -3.41. The first-order chi connectivity index (χ1) is 21.9. The Labute approximate surface area is 272 Å². The van der Waals surface area contributed by atoms with Gasteiger partial charge in [0.15, 0.2) is 0 Å². The third-order valence-corrected chi connectivity index (χ3v) is 11.2. The van der Waals surface area contributed by atoms with E-state index in [-0.39, 0.29) is 30.1 Å². The molecule has 0 saturated carbocycles. The lowest BCUT2D eigenvalue weighted by Crippen LogP contribution is -2.57. The number of hydrogen-bond donors (Lipinski definition) is 1. The van der Waals surface area contributed by atoms with Gasteiger partial charge in [-0.05, 0) is 77.5 Å². The van der Waals surface area contributed by atoms with Crippen LogP contribution in [0.2, 0.25) is 0 Å². The highest BCUT2D eigenvalue weighted by atomic mass is 16.7. The number of piperidine rings is 2. The molecule has 1 N–H and O–H groups in total. The van der Waals surface area contributed by atoms with Gasteiger partial charge in [0.2, 0.25) is 11.8 Å². The van der Waals surface area contributed by atoms with Crippen molar-refractivity contribution in [2.45, 2.75) is 89.5 Å². The van der Waals surface area contributed by atoms with Gasteiger partial charge in [0, 0.05) is 69.3 Å². The van der Waals surface area contributed by atoms with E-state index >= 15 is 0 Å². The molecule has 0 radical (unpaired) electrons. The molecule has 5 heterocycles. The number of aryl methyl sites for hydroxylation is 1. The van der Waals surface area contributed by atoms with Crippen LogP contribution in [0.4, 0.5) is 11.4 Å². The normalized spacial score (nSPS) is 25.8. The standard InChI is InChI=1S/C35H47BN6O4/c1-23-22-41(25-12-10-24(11-13-25)36-45-34(2,3)35(4,5)46-36)20-21-42(23)26-16-18-40(19-17-26)29-9-7-8-27-31(38-39(6)32(27)29)28-14-15-30(43)37-33(28)44/h7-13,23,26,28H,14-22H2,1-6H3,(H,37,43,44)/t23-,28?/m1/s1. The number of aromatic nitrogens is 2. The van der Waals surface area contributed by atoms with E-state index in [1.165, 1.54) is 11.4 Å². The zero-order valence-electron chi connectivity index (χ0n) is 28.1. The number of nitrogens with one attached hydrogen (secondary N) is 1. The summed E-state index contributed by atoms with van der Waals surface area (Å²) >= 11 is 0. The monoisotopic (exact) mass is 626 g/mol. The number of carbonyl (C=O) groups is 2. The fourth-order valence-corrected chi connectivity index (χ4v) is 7.82. The number of rotatable bonds is 5. The van der Waals surface area contributed by atoms with Gasteiger partial charge in [0.25, 0.3) is 0 Å². The van der Waals surface area contributed by atoms with E-state index in [4.69, 9.17) is 14.4 Å². The molecule has 244 valence electrons. The fraction of sp³-hybridized carbons (Fsp3) is 0.571. The number of carbonyl (C=O) groups excluding carboxylic acids is 2. The molecule has 4 aliphatic rings. The lowest BCUT2D eigenvalue weighted by atomic mass is 9.79. The minimum atomic E-state index is -0.393. The SMILES string of the molecule is C[C@@H]1CN(c2ccc(B3OC(C)(C)C(C)(C)O3)cc2)CCN1C1CCN(c2cccc3c(C4CCC(=O)NC4=O)nn(C)c23)CC1. The third kappa shape index (κ3) is 5.50. The smallest absolute Gasteiger partial charge is 0.399 e. The quantitative estimate of drug-likeness (QED) is 0.340. The minimum absolute atomic E-state index is 0.200. The molecule has 4 fully saturated rings. The average Bonchev–Trinajstić information content (AvgIpc) is 3.48. The number of hydrogen-bond acceptors (Lipinski definition) is 8. The molecule has 4 aliphatic heterocycles. The number of anilines is 2. The topological polar surface area (TPSA) is 92.2 Å². The number of benzene rings is 2. The van der Waals surface area contributed by atoms with Crippen LogP contribution in [-0.2, 0) is 25.9 Å². The number of fused-ring (bicyclic) bond motifs is 1. The highest BCUT2D eigenvalue weighted by molar-refractivity contribution is 6.62. The van der Waals surface area contributed by atoms with Crippen LogP contribution < -0.4 is 20.6 Å². The van der Waals surface area contributed by atoms with Gasteiger partial charge >= 0.3 is 7.12 Å². The van der Waals surface area contributed by atoms with Crippen molar-refractivity contribution in [1.29, 1.82) is 0 Å². The Balaban J connectivity index is 0.974. The highest BCUT2D eigenvalue weighted by Crippen LogP contribution is 2.38. The predicted molar refractivity (Wildman–Crippen MR) is 182 cm³/mol. The maximum Gasteiger partial charge on any atom is 0.494 e. The summed E-state index contributed by atoms with van der Waals surface area (Å²) in [6, 6.07) is 16.1. The zero-order chi connectivity index (χ0) is 32.4. The summed E-state index contributed by atoms with van der Waals surface area (Å²) in [6.45, 7) is 15.8.